The van der Waals surface area contributed by atoms with Gasteiger partial charge in [0.15, 0.2) is 0 Å². The molecule has 32 heavy (non-hydrogen) atoms. The monoisotopic (exact) mass is 434 g/mol. The van der Waals surface area contributed by atoms with E-state index in [1.165, 1.54) is 14.0 Å². The quantitative estimate of drug-likeness (QED) is 0.435. The van der Waals surface area contributed by atoms with Gasteiger partial charge in [-0.1, -0.05) is 30.3 Å². The second-order valence-corrected chi connectivity index (χ2v) is 6.72. The van der Waals surface area contributed by atoms with Crippen molar-refractivity contribution in [3.05, 3.63) is 89.5 Å². The van der Waals surface area contributed by atoms with Crippen LogP contribution in [0.2, 0.25) is 0 Å². The van der Waals surface area contributed by atoms with Crippen molar-refractivity contribution < 1.29 is 28.6 Å². The summed E-state index contributed by atoms with van der Waals surface area (Å²) in [5.74, 6) is -0.114. The number of hydrazine groups is 1. The lowest BCUT2D eigenvalue weighted by atomic mass is 10.2. The molecule has 164 valence electrons. The molecule has 8 heteroatoms. The molecule has 0 spiro atoms. The van der Waals surface area contributed by atoms with Crippen molar-refractivity contribution in [2.75, 3.05) is 7.11 Å². The van der Waals surface area contributed by atoms with Crippen LogP contribution in [0.25, 0.3) is 0 Å². The van der Waals surface area contributed by atoms with E-state index in [2.05, 4.69) is 10.9 Å². The summed E-state index contributed by atoms with van der Waals surface area (Å²) in [5, 5.41) is 0. The van der Waals surface area contributed by atoms with E-state index in [1.807, 2.05) is 30.3 Å². The SMILES string of the molecule is COC(=O)c1cc(OCc2ccccc2)cc(Oc2ccc(C(=O)NNC(C)=O)cc2)c1. The Bertz CT molecular complexity index is 1100. The molecule has 0 radical (unpaired) electrons. The van der Waals surface area contributed by atoms with Crippen LogP contribution in [0.4, 0.5) is 0 Å². The average molecular weight is 434 g/mol. The Hall–Kier alpha value is -4.33. The van der Waals surface area contributed by atoms with Gasteiger partial charge in [-0.25, -0.2) is 4.79 Å². The number of hydrogen-bond acceptors (Lipinski definition) is 6. The number of ether oxygens (including phenoxy) is 3. The number of benzene rings is 3. The number of rotatable bonds is 7. The molecular weight excluding hydrogens is 412 g/mol. The topological polar surface area (TPSA) is 103 Å². The van der Waals surface area contributed by atoms with E-state index < -0.39 is 11.9 Å². The van der Waals surface area contributed by atoms with Crippen LogP contribution >= 0.6 is 0 Å². The van der Waals surface area contributed by atoms with E-state index in [1.54, 1.807) is 42.5 Å². The van der Waals surface area contributed by atoms with Gasteiger partial charge in [0, 0.05) is 18.6 Å². The second-order valence-electron chi connectivity index (χ2n) is 6.72. The van der Waals surface area contributed by atoms with Crippen molar-refractivity contribution in [1.29, 1.82) is 0 Å². The van der Waals surface area contributed by atoms with E-state index in [0.717, 1.165) is 5.56 Å². The predicted octanol–water partition coefficient (Wildman–Crippen LogP) is 3.63. The summed E-state index contributed by atoms with van der Waals surface area (Å²) in [6, 6.07) is 20.7. The third kappa shape index (κ3) is 6.33. The van der Waals surface area contributed by atoms with Gasteiger partial charge in [0.25, 0.3) is 5.91 Å². The van der Waals surface area contributed by atoms with Gasteiger partial charge in [0.05, 0.1) is 12.7 Å². The predicted molar refractivity (Wildman–Crippen MR) is 116 cm³/mol. The van der Waals surface area contributed by atoms with E-state index >= 15 is 0 Å². The number of methoxy groups -OCH3 is 1. The molecule has 2 N–H and O–H groups in total. The van der Waals surface area contributed by atoms with Crippen molar-refractivity contribution in [3.8, 4) is 17.2 Å². The van der Waals surface area contributed by atoms with Crippen molar-refractivity contribution in [2.24, 2.45) is 0 Å². The zero-order valence-corrected chi connectivity index (χ0v) is 17.6. The molecule has 0 fully saturated rings. The van der Waals surface area contributed by atoms with Crippen LogP contribution in [-0.2, 0) is 16.1 Å². The van der Waals surface area contributed by atoms with Gasteiger partial charge in [-0.2, -0.15) is 0 Å². The Morgan fingerprint density at radius 2 is 1.47 bits per heavy atom. The second kappa shape index (κ2) is 10.6. The first-order chi connectivity index (χ1) is 15.4. The number of carbonyl (C=O) groups is 3. The molecule has 0 atom stereocenters. The van der Waals surface area contributed by atoms with Gasteiger partial charge in [-0.3, -0.25) is 20.4 Å². The minimum atomic E-state index is -0.523. The lowest BCUT2D eigenvalue weighted by molar-refractivity contribution is -0.119. The van der Waals surface area contributed by atoms with Gasteiger partial charge in [-0.15, -0.1) is 0 Å². The molecule has 3 aromatic carbocycles. The van der Waals surface area contributed by atoms with Crippen LogP contribution in [0.1, 0.15) is 33.2 Å². The maximum atomic E-state index is 12.1. The molecule has 0 unspecified atom stereocenters. The summed E-state index contributed by atoms with van der Waals surface area (Å²) in [4.78, 5) is 34.9. The highest BCUT2D eigenvalue weighted by molar-refractivity contribution is 5.95. The van der Waals surface area contributed by atoms with Crippen molar-refractivity contribution in [3.63, 3.8) is 0 Å². The number of amides is 2. The fourth-order valence-electron chi connectivity index (χ4n) is 2.72. The smallest absolute Gasteiger partial charge is 0.338 e. The van der Waals surface area contributed by atoms with Crippen LogP contribution in [-0.4, -0.2) is 24.9 Å². The Morgan fingerprint density at radius 3 is 2.12 bits per heavy atom. The third-order valence-corrected chi connectivity index (χ3v) is 4.25. The molecule has 2 amide bonds. The van der Waals surface area contributed by atoms with Crippen LogP contribution in [0.5, 0.6) is 17.2 Å². The van der Waals surface area contributed by atoms with Gasteiger partial charge in [0.1, 0.15) is 23.9 Å². The van der Waals surface area contributed by atoms with Crippen LogP contribution in [0.3, 0.4) is 0 Å². The molecule has 0 aliphatic rings. The molecule has 0 bridgehead atoms. The van der Waals surface area contributed by atoms with Gasteiger partial charge < -0.3 is 14.2 Å². The molecule has 8 nitrogen and oxygen atoms in total. The van der Waals surface area contributed by atoms with Crippen molar-refractivity contribution >= 4 is 17.8 Å². The largest absolute Gasteiger partial charge is 0.489 e. The number of carbonyl (C=O) groups excluding carboxylic acids is 3. The first-order valence-corrected chi connectivity index (χ1v) is 9.69. The molecule has 0 saturated carbocycles. The average Bonchev–Trinajstić information content (AvgIpc) is 2.81. The normalized spacial score (nSPS) is 10.1. The Balaban J connectivity index is 1.75. The molecule has 0 aromatic heterocycles. The number of hydrogen-bond donors (Lipinski definition) is 2. The zero-order valence-electron chi connectivity index (χ0n) is 17.6. The Morgan fingerprint density at radius 1 is 0.781 bits per heavy atom. The lowest BCUT2D eigenvalue weighted by Gasteiger charge is -2.12. The van der Waals surface area contributed by atoms with Gasteiger partial charge >= 0.3 is 5.97 Å². The summed E-state index contributed by atoms with van der Waals surface area (Å²) >= 11 is 0. The molecule has 0 aliphatic carbocycles. The van der Waals surface area contributed by atoms with Crippen LogP contribution in [0.15, 0.2) is 72.8 Å². The number of esters is 1. The highest BCUT2D eigenvalue weighted by Gasteiger charge is 2.12. The summed E-state index contributed by atoms with van der Waals surface area (Å²) < 4.78 is 16.5. The molecule has 3 aromatic rings. The Labute approximate surface area is 185 Å². The molecule has 0 heterocycles. The highest BCUT2D eigenvalue weighted by atomic mass is 16.5. The molecule has 3 rings (SSSR count). The van der Waals surface area contributed by atoms with E-state index in [0.29, 0.717) is 29.4 Å². The van der Waals surface area contributed by atoms with E-state index in [9.17, 15) is 14.4 Å². The van der Waals surface area contributed by atoms with Crippen LogP contribution < -0.4 is 20.3 Å². The summed E-state index contributed by atoms with van der Waals surface area (Å²) in [5.41, 5.74) is 6.09. The summed E-state index contributed by atoms with van der Waals surface area (Å²) in [6.45, 7) is 1.61. The van der Waals surface area contributed by atoms with Crippen LogP contribution in [0, 0.1) is 0 Å². The molecular formula is C24H22N2O6. The first kappa shape index (κ1) is 22.4. The zero-order chi connectivity index (χ0) is 22.9. The summed E-state index contributed by atoms with van der Waals surface area (Å²) in [6.07, 6.45) is 0. The number of nitrogens with one attached hydrogen (secondary N) is 2. The molecule has 0 aliphatic heterocycles. The fourth-order valence-corrected chi connectivity index (χ4v) is 2.72. The third-order valence-electron chi connectivity index (χ3n) is 4.25. The maximum absolute atomic E-state index is 12.1. The van der Waals surface area contributed by atoms with Gasteiger partial charge in [-0.05, 0) is 42.0 Å². The lowest BCUT2D eigenvalue weighted by Crippen LogP contribution is -2.40. The molecule has 0 saturated heterocycles. The first-order valence-electron chi connectivity index (χ1n) is 9.69. The van der Waals surface area contributed by atoms with Gasteiger partial charge in [0.2, 0.25) is 5.91 Å². The summed E-state index contributed by atoms with van der Waals surface area (Å²) in [7, 11) is 1.30. The fraction of sp³-hybridized carbons (Fsp3) is 0.125. The van der Waals surface area contributed by atoms with E-state index in [4.69, 9.17) is 14.2 Å². The standard InChI is InChI=1S/C24H22N2O6/c1-16(27)25-26-23(28)18-8-10-20(11-9-18)32-22-13-19(24(29)30-2)12-21(14-22)31-15-17-6-4-3-5-7-17/h3-14H,15H2,1-2H3,(H,25,27)(H,26,28). The minimum absolute atomic E-state index is 0.277. The van der Waals surface area contributed by atoms with Crippen molar-refractivity contribution in [1.82, 2.24) is 10.9 Å². The highest BCUT2D eigenvalue weighted by Crippen LogP contribution is 2.28. The van der Waals surface area contributed by atoms with E-state index in [-0.39, 0.29) is 11.5 Å². The van der Waals surface area contributed by atoms with Crippen molar-refractivity contribution in [2.45, 2.75) is 13.5 Å². The minimum Gasteiger partial charge on any atom is -0.489 e. The Kier molecular flexibility index (Phi) is 7.42. The maximum Gasteiger partial charge on any atom is 0.338 e.